The van der Waals surface area contributed by atoms with Crippen molar-refractivity contribution >= 4 is 28.5 Å². The quantitative estimate of drug-likeness (QED) is 0.913. The van der Waals surface area contributed by atoms with Gasteiger partial charge in [0, 0.05) is 11.6 Å². The van der Waals surface area contributed by atoms with Gasteiger partial charge in [-0.3, -0.25) is 0 Å². The van der Waals surface area contributed by atoms with Gasteiger partial charge >= 0.3 is 6.18 Å². The molecule has 4 nitrogen and oxygen atoms in total. The molecular formula is C11H9ClF3N3O. The van der Waals surface area contributed by atoms with E-state index in [1.165, 1.54) is 12.3 Å². The SMILES string of the molecule is O[C@H](CNc1ccc2cc(Cl)cnc2n1)C(F)(F)F. The fourth-order valence-corrected chi connectivity index (χ4v) is 1.57. The molecule has 0 aliphatic carbocycles. The maximum absolute atomic E-state index is 12.1. The lowest BCUT2D eigenvalue weighted by Crippen LogP contribution is -2.35. The molecule has 19 heavy (non-hydrogen) atoms. The van der Waals surface area contributed by atoms with E-state index in [4.69, 9.17) is 16.7 Å². The molecule has 0 saturated carbocycles. The van der Waals surface area contributed by atoms with E-state index in [1.54, 1.807) is 12.1 Å². The van der Waals surface area contributed by atoms with E-state index in [2.05, 4.69) is 15.3 Å². The molecule has 0 spiro atoms. The maximum Gasteiger partial charge on any atom is 0.416 e. The van der Waals surface area contributed by atoms with Crippen LogP contribution in [0.5, 0.6) is 0 Å². The Morgan fingerprint density at radius 2 is 2.11 bits per heavy atom. The van der Waals surface area contributed by atoms with E-state index < -0.39 is 18.8 Å². The minimum absolute atomic E-state index is 0.200. The summed E-state index contributed by atoms with van der Waals surface area (Å²) in [6.45, 7) is -0.671. The third-order valence-corrected chi connectivity index (χ3v) is 2.57. The van der Waals surface area contributed by atoms with Gasteiger partial charge in [0.25, 0.3) is 0 Å². The number of aromatic nitrogens is 2. The zero-order chi connectivity index (χ0) is 14.0. The molecular weight excluding hydrogens is 283 g/mol. The Hall–Kier alpha value is -1.60. The number of anilines is 1. The molecule has 8 heteroatoms. The Kier molecular flexibility index (Phi) is 3.77. The van der Waals surface area contributed by atoms with Crippen LogP contribution < -0.4 is 5.32 Å². The van der Waals surface area contributed by atoms with Crippen molar-refractivity contribution in [2.45, 2.75) is 12.3 Å². The molecule has 2 aromatic heterocycles. The first-order chi connectivity index (χ1) is 8.86. The van der Waals surface area contributed by atoms with E-state index in [0.717, 1.165) is 0 Å². The second kappa shape index (κ2) is 5.18. The molecule has 2 rings (SSSR count). The Morgan fingerprint density at radius 3 is 2.79 bits per heavy atom. The lowest BCUT2D eigenvalue weighted by atomic mass is 10.3. The molecule has 0 bridgehead atoms. The summed E-state index contributed by atoms with van der Waals surface area (Å²) < 4.78 is 36.3. The van der Waals surface area contributed by atoms with Gasteiger partial charge in [0.15, 0.2) is 11.8 Å². The van der Waals surface area contributed by atoms with E-state index in [9.17, 15) is 13.2 Å². The van der Waals surface area contributed by atoms with Crippen molar-refractivity contribution in [1.82, 2.24) is 9.97 Å². The van der Waals surface area contributed by atoms with Crippen molar-refractivity contribution in [2.24, 2.45) is 0 Å². The molecule has 1 atom stereocenters. The molecule has 0 aliphatic rings. The highest BCUT2D eigenvalue weighted by atomic mass is 35.5. The van der Waals surface area contributed by atoms with Crippen molar-refractivity contribution < 1.29 is 18.3 Å². The highest BCUT2D eigenvalue weighted by Gasteiger charge is 2.37. The van der Waals surface area contributed by atoms with Crippen LogP contribution in [0.2, 0.25) is 5.02 Å². The summed E-state index contributed by atoms with van der Waals surface area (Å²) in [4.78, 5) is 7.96. The van der Waals surface area contributed by atoms with Gasteiger partial charge in [0.05, 0.1) is 11.6 Å². The van der Waals surface area contributed by atoms with Crippen molar-refractivity contribution in [2.75, 3.05) is 11.9 Å². The van der Waals surface area contributed by atoms with E-state index in [1.807, 2.05) is 0 Å². The Bertz CT molecular complexity index is 591. The molecule has 0 aliphatic heterocycles. The lowest BCUT2D eigenvalue weighted by molar-refractivity contribution is -0.198. The van der Waals surface area contributed by atoms with Crippen LogP contribution in [0.15, 0.2) is 24.4 Å². The Morgan fingerprint density at radius 1 is 1.37 bits per heavy atom. The topological polar surface area (TPSA) is 58.0 Å². The fourth-order valence-electron chi connectivity index (χ4n) is 1.40. The molecule has 0 aromatic carbocycles. The van der Waals surface area contributed by atoms with Gasteiger partial charge < -0.3 is 10.4 Å². The second-order valence-electron chi connectivity index (χ2n) is 3.84. The number of halogens is 4. The van der Waals surface area contributed by atoms with Crippen molar-refractivity contribution in [3.8, 4) is 0 Å². The molecule has 0 amide bonds. The first-order valence-corrected chi connectivity index (χ1v) is 5.65. The first-order valence-electron chi connectivity index (χ1n) is 5.27. The van der Waals surface area contributed by atoms with Crippen LogP contribution in [0.1, 0.15) is 0 Å². The van der Waals surface area contributed by atoms with Gasteiger partial charge in [-0.15, -0.1) is 0 Å². The average Bonchev–Trinajstić information content (AvgIpc) is 2.34. The zero-order valence-electron chi connectivity index (χ0n) is 9.45. The number of pyridine rings is 2. The molecule has 2 aromatic rings. The predicted molar refractivity (Wildman–Crippen MR) is 65.1 cm³/mol. The third-order valence-electron chi connectivity index (χ3n) is 2.36. The van der Waals surface area contributed by atoms with Gasteiger partial charge in [-0.05, 0) is 18.2 Å². The van der Waals surface area contributed by atoms with Crippen LogP contribution >= 0.6 is 11.6 Å². The van der Waals surface area contributed by atoms with Crippen molar-refractivity contribution in [3.63, 3.8) is 0 Å². The molecule has 2 heterocycles. The summed E-state index contributed by atoms with van der Waals surface area (Å²) in [5, 5.41) is 12.4. The highest BCUT2D eigenvalue weighted by molar-refractivity contribution is 6.31. The van der Waals surface area contributed by atoms with Gasteiger partial charge in [0.1, 0.15) is 5.82 Å². The van der Waals surface area contributed by atoms with Crippen LogP contribution in [-0.4, -0.2) is 33.9 Å². The number of hydrogen-bond donors (Lipinski definition) is 2. The smallest absolute Gasteiger partial charge is 0.382 e. The Balaban J connectivity index is 2.12. The number of rotatable bonds is 3. The second-order valence-corrected chi connectivity index (χ2v) is 4.27. The summed E-state index contributed by atoms with van der Waals surface area (Å²) in [7, 11) is 0. The third kappa shape index (κ3) is 3.45. The number of alkyl halides is 3. The van der Waals surface area contributed by atoms with Gasteiger partial charge in [0.2, 0.25) is 0 Å². The van der Waals surface area contributed by atoms with Gasteiger partial charge in [-0.2, -0.15) is 13.2 Å². The standard InChI is InChI=1S/C11H9ClF3N3O/c12-7-3-6-1-2-9(18-10(6)17-4-7)16-5-8(19)11(13,14)15/h1-4,8,19H,5H2,(H,16,17,18)/t8-/m1/s1. The van der Waals surface area contributed by atoms with Crippen LogP contribution in [-0.2, 0) is 0 Å². The number of fused-ring (bicyclic) bond motifs is 1. The summed E-state index contributed by atoms with van der Waals surface area (Å²) >= 11 is 5.75. The van der Waals surface area contributed by atoms with Crippen LogP contribution in [0.3, 0.4) is 0 Å². The minimum Gasteiger partial charge on any atom is -0.382 e. The predicted octanol–water partition coefficient (Wildman–Crippen LogP) is 2.62. The van der Waals surface area contributed by atoms with Crippen LogP contribution in [0.4, 0.5) is 19.0 Å². The van der Waals surface area contributed by atoms with E-state index in [-0.39, 0.29) is 5.82 Å². The molecule has 0 radical (unpaired) electrons. The van der Waals surface area contributed by atoms with Crippen molar-refractivity contribution in [1.29, 1.82) is 0 Å². The van der Waals surface area contributed by atoms with Gasteiger partial charge in [-0.1, -0.05) is 11.6 Å². The number of aliphatic hydroxyl groups is 1. The zero-order valence-corrected chi connectivity index (χ0v) is 10.2. The van der Waals surface area contributed by atoms with E-state index in [0.29, 0.717) is 16.1 Å². The fraction of sp³-hybridized carbons (Fsp3) is 0.273. The van der Waals surface area contributed by atoms with E-state index >= 15 is 0 Å². The number of aliphatic hydroxyl groups excluding tert-OH is 1. The molecule has 0 unspecified atom stereocenters. The van der Waals surface area contributed by atoms with Gasteiger partial charge in [-0.25, -0.2) is 9.97 Å². The normalized spacial score (nSPS) is 13.5. The minimum atomic E-state index is -4.66. The molecule has 0 fully saturated rings. The van der Waals surface area contributed by atoms with Crippen molar-refractivity contribution in [3.05, 3.63) is 29.4 Å². The number of nitrogens with zero attached hydrogens (tertiary/aromatic N) is 2. The monoisotopic (exact) mass is 291 g/mol. The molecule has 2 N–H and O–H groups in total. The summed E-state index contributed by atoms with van der Waals surface area (Å²) in [5.41, 5.74) is 0.357. The van der Waals surface area contributed by atoms with Crippen LogP contribution in [0, 0.1) is 0 Å². The number of nitrogens with one attached hydrogen (secondary N) is 1. The lowest BCUT2D eigenvalue weighted by Gasteiger charge is -2.15. The molecule has 0 saturated heterocycles. The summed E-state index contributed by atoms with van der Waals surface area (Å²) in [6.07, 6.45) is -5.70. The average molecular weight is 292 g/mol. The van der Waals surface area contributed by atoms with Crippen LogP contribution in [0.25, 0.3) is 11.0 Å². The summed E-state index contributed by atoms with van der Waals surface area (Å²) in [5.74, 6) is 0.200. The number of hydrogen-bond acceptors (Lipinski definition) is 4. The Labute approximate surface area is 111 Å². The molecule has 102 valence electrons. The maximum atomic E-state index is 12.1. The highest BCUT2D eigenvalue weighted by Crippen LogP contribution is 2.21. The first kappa shape index (κ1) is 13.8. The largest absolute Gasteiger partial charge is 0.416 e. The summed E-state index contributed by atoms with van der Waals surface area (Å²) in [6, 6.07) is 4.76.